The largest absolute Gasteiger partial charge is 0.289 e. The second kappa shape index (κ2) is 4.81. The average molecular weight is 285 g/mol. The van der Waals surface area contributed by atoms with Crippen LogP contribution in [0.4, 0.5) is 0 Å². The molecule has 0 unspecified atom stereocenters. The molecule has 1 aromatic heterocycles. The van der Waals surface area contributed by atoms with Gasteiger partial charge in [-0.25, -0.2) is 0 Å². The van der Waals surface area contributed by atoms with Crippen LogP contribution in [0.3, 0.4) is 0 Å². The fourth-order valence-electron chi connectivity index (χ4n) is 1.67. The third kappa shape index (κ3) is 2.54. The van der Waals surface area contributed by atoms with Gasteiger partial charge in [0, 0.05) is 25.9 Å². The highest BCUT2D eigenvalue weighted by atomic mass is 35.5. The molecule has 4 heteroatoms. The summed E-state index contributed by atoms with van der Waals surface area (Å²) in [6.07, 6.45) is 0. The molecule has 0 spiro atoms. The van der Waals surface area contributed by atoms with E-state index in [0.717, 1.165) is 9.75 Å². The van der Waals surface area contributed by atoms with E-state index in [1.165, 1.54) is 0 Å². The van der Waals surface area contributed by atoms with Crippen molar-refractivity contribution in [2.75, 3.05) is 0 Å². The number of carbonyl (C=O) groups excluding carboxylic acids is 1. The van der Waals surface area contributed by atoms with Crippen LogP contribution in [0.15, 0.2) is 24.3 Å². The Hall–Kier alpha value is -0.830. The maximum Gasteiger partial charge on any atom is 0.195 e. The molecule has 0 aliphatic carbocycles. The van der Waals surface area contributed by atoms with E-state index in [2.05, 4.69) is 0 Å². The summed E-state index contributed by atoms with van der Waals surface area (Å²) < 4.78 is 0. The van der Waals surface area contributed by atoms with Gasteiger partial charge in [0.25, 0.3) is 0 Å². The lowest BCUT2D eigenvalue weighted by Crippen LogP contribution is -2.02. The van der Waals surface area contributed by atoms with Gasteiger partial charge in [0.05, 0.1) is 5.02 Å². The summed E-state index contributed by atoms with van der Waals surface area (Å²) in [5.41, 5.74) is 1.16. The van der Waals surface area contributed by atoms with Crippen molar-refractivity contribution < 1.29 is 4.79 Å². The smallest absolute Gasteiger partial charge is 0.195 e. The minimum Gasteiger partial charge on any atom is -0.289 e. The van der Waals surface area contributed by atoms with Crippen molar-refractivity contribution in [3.05, 3.63) is 55.2 Å². The molecule has 1 nitrogen and oxygen atoms in total. The predicted octanol–water partition coefficient (Wildman–Crippen LogP) is 4.90. The minimum atomic E-state index is -0.0700. The lowest BCUT2D eigenvalue weighted by atomic mass is 10.0. The van der Waals surface area contributed by atoms with Crippen LogP contribution in [0.2, 0.25) is 10.0 Å². The molecule has 0 atom stereocenters. The van der Waals surface area contributed by atoms with Gasteiger partial charge in [0.2, 0.25) is 0 Å². The fourth-order valence-corrected chi connectivity index (χ4v) is 2.97. The van der Waals surface area contributed by atoms with Gasteiger partial charge >= 0.3 is 0 Å². The van der Waals surface area contributed by atoms with E-state index < -0.39 is 0 Å². The Kier molecular flexibility index (Phi) is 3.57. The van der Waals surface area contributed by atoms with Crippen LogP contribution < -0.4 is 0 Å². The molecule has 88 valence electrons. The molecule has 0 saturated heterocycles. The standard InChI is InChI=1S/C13H10Cl2OS/c1-7-5-10(8(2)17-7)13(16)11-6-9(14)3-4-12(11)15/h3-6H,1-2H3. The molecule has 0 saturated carbocycles. The molecule has 1 aromatic carbocycles. The van der Waals surface area contributed by atoms with E-state index >= 15 is 0 Å². The molecule has 2 aromatic rings. The van der Waals surface area contributed by atoms with Gasteiger partial charge in [-0.3, -0.25) is 4.79 Å². The normalized spacial score (nSPS) is 10.6. The lowest BCUT2D eigenvalue weighted by Gasteiger charge is -2.03. The number of thiophene rings is 1. The zero-order valence-corrected chi connectivity index (χ0v) is 11.7. The molecule has 2 rings (SSSR count). The number of carbonyl (C=O) groups is 1. The Labute approximate surface area is 114 Å². The Bertz CT molecular complexity index is 587. The second-order valence-electron chi connectivity index (χ2n) is 3.78. The fraction of sp³-hybridized carbons (Fsp3) is 0.154. The summed E-state index contributed by atoms with van der Waals surface area (Å²) in [5, 5.41) is 0.949. The number of aryl methyl sites for hydroxylation is 2. The molecule has 0 aliphatic heterocycles. The molecule has 1 heterocycles. The van der Waals surface area contributed by atoms with E-state index in [1.807, 2.05) is 19.9 Å². The van der Waals surface area contributed by atoms with Gasteiger partial charge in [-0.15, -0.1) is 11.3 Å². The monoisotopic (exact) mass is 284 g/mol. The first-order chi connectivity index (χ1) is 7.99. The van der Waals surface area contributed by atoms with Crippen molar-refractivity contribution in [2.45, 2.75) is 13.8 Å². The van der Waals surface area contributed by atoms with Crippen molar-refractivity contribution in [1.82, 2.24) is 0 Å². The molecule has 0 N–H and O–H groups in total. The molecule has 0 aliphatic rings. The first-order valence-corrected chi connectivity index (χ1v) is 6.63. The van der Waals surface area contributed by atoms with E-state index in [-0.39, 0.29) is 5.78 Å². The average Bonchev–Trinajstić information content (AvgIpc) is 2.60. The van der Waals surface area contributed by atoms with Gasteiger partial charge in [-0.05, 0) is 38.1 Å². The Morgan fingerprint density at radius 2 is 1.82 bits per heavy atom. The van der Waals surface area contributed by atoms with Gasteiger partial charge in [0.1, 0.15) is 0 Å². The highest BCUT2D eigenvalue weighted by molar-refractivity contribution is 7.12. The summed E-state index contributed by atoms with van der Waals surface area (Å²) in [7, 11) is 0. The molecular weight excluding hydrogens is 275 g/mol. The van der Waals surface area contributed by atoms with E-state index in [4.69, 9.17) is 23.2 Å². The lowest BCUT2D eigenvalue weighted by molar-refractivity contribution is 0.103. The van der Waals surface area contributed by atoms with E-state index in [0.29, 0.717) is 21.2 Å². The van der Waals surface area contributed by atoms with Gasteiger partial charge in [0.15, 0.2) is 5.78 Å². The van der Waals surface area contributed by atoms with Crippen molar-refractivity contribution in [2.24, 2.45) is 0 Å². The third-order valence-electron chi connectivity index (χ3n) is 2.46. The van der Waals surface area contributed by atoms with Crippen LogP contribution in [0, 0.1) is 13.8 Å². The molecule has 0 radical (unpaired) electrons. The van der Waals surface area contributed by atoms with Gasteiger partial charge < -0.3 is 0 Å². The maximum absolute atomic E-state index is 12.3. The van der Waals surface area contributed by atoms with Crippen LogP contribution in [0.5, 0.6) is 0 Å². The van der Waals surface area contributed by atoms with Gasteiger partial charge in [-0.2, -0.15) is 0 Å². The summed E-state index contributed by atoms with van der Waals surface area (Å²) in [5.74, 6) is -0.0700. The van der Waals surface area contributed by atoms with Crippen LogP contribution in [0.1, 0.15) is 25.7 Å². The number of benzene rings is 1. The Morgan fingerprint density at radius 1 is 1.12 bits per heavy atom. The van der Waals surface area contributed by atoms with Crippen molar-refractivity contribution >= 4 is 40.3 Å². The molecular formula is C13H10Cl2OS. The molecule has 0 amide bonds. The van der Waals surface area contributed by atoms with Crippen LogP contribution in [-0.2, 0) is 0 Å². The number of halogens is 2. The number of rotatable bonds is 2. The quantitative estimate of drug-likeness (QED) is 0.717. The van der Waals surface area contributed by atoms with Crippen molar-refractivity contribution in [1.29, 1.82) is 0 Å². The summed E-state index contributed by atoms with van der Waals surface area (Å²) in [4.78, 5) is 14.4. The van der Waals surface area contributed by atoms with E-state index in [1.54, 1.807) is 29.5 Å². The second-order valence-corrected chi connectivity index (χ2v) is 6.08. The Morgan fingerprint density at radius 3 is 2.41 bits per heavy atom. The number of hydrogen-bond donors (Lipinski definition) is 0. The number of ketones is 1. The summed E-state index contributed by atoms with van der Waals surface area (Å²) >= 11 is 13.5. The zero-order valence-electron chi connectivity index (χ0n) is 9.38. The molecule has 0 bridgehead atoms. The SMILES string of the molecule is Cc1cc(C(=O)c2cc(Cl)ccc2Cl)c(C)s1. The van der Waals surface area contributed by atoms with E-state index in [9.17, 15) is 4.79 Å². The number of hydrogen-bond acceptors (Lipinski definition) is 2. The van der Waals surface area contributed by atoms with Crippen molar-refractivity contribution in [3.8, 4) is 0 Å². The van der Waals surface area contributed by atoms with Crippen molar-refractivity contribution in [3.63, 3.8) is 0 Å². The third-order valence-corrected chi connectivity index (χ3v) is 3.99. The maximum atomic E-state index is 12.3. The summed E-state index contributed by atoms with van der Waals surface area (Å²) in [6.45, 7) is 3.91. The topological polar surface area (TPSA) is 17.1 Å². The van der Waals surface area contributed by atoms with Gasteiger partial charge in [-0.1, -0.05) is 23.2 Å². The van der Waals surface area contributed by atoms with Crippen LogP contribution >= 0.6 is 34.5 Å². The first kappa shape index (κ1) is 12.6. The molecule has 17 heavy (non-hydrogen) atoms. The Balaban J connectivity index is 2.50. The van der Waals surface area contributed by atoms with Crippen LogP contribution in [-0.4, -0.2) is 5.78 Å². The predicted molar refractivity (Wildman–Crippen MR) is 73.7 cm³/mol. The highest BCUT2D eigenvalue weighted by Gasteiger charge is 2.17. The first-order valence-electron chi connectivity index (χ1n) is 5.06. The highest BCUT2D eigenvalue weighted by Crippen LogP contribution is 2.27. The van der Waals surface area contributed by atoms with Crippen LogP contribution in [0.25, 0.3) is 0 Å². The minimum absolute atomic E-state index is 0.0700. The molecule has 0 fully saturated rings. The zero-order chi connectivity index (χ0) is 12.6. The summed E-state index contributed by atoms with van der Waals surface area (Å²) in [6, 6.07) is 6.82.